The van der Waals surface area contributed by atoms with Crippen molar-refractivity contribution in [1.82, 2.24) is 10.3 Å². The van der Waals surface area contributed by atoms with E-state index in [0.29, 0.717) is 22.0 Å². The van der Waals surface area contributed by atoms with E-state index in [1.807, 2.05) is 31.2 Å². The van der Waals surface area contributed by atoms with Gasteiger partial charge in [-0.15, -0.1) is 5.10 Å². The number of fused-ring (bicyclic) bond motifs is 2. The Hall–Kier alpha value is -3.04. The fourth-order valence-electron chi connectivity index (χ4n) is 3.73. The Bertz CT molecular complexity index is 1140. The molecule has 1 spiro atoms. The van der Waals surface area contributed by atoms with Crippen LogP contribution in [0.15, 0.2) is 47.6 Å². The molecule has 0 aliphatic carbocycles. The summed E-state index contributed by atoms with van der Waals surface area (Å²) < 4.78 is 5.82. The number of nitrogens with zero attached hydrogens (tertiary/aromatic N) is 3. The number of halogens is 1. The number of aryl methyl sites for hydroxylation is 1. The number of hydrogen-bond donors (Lipinski definition) is 1. The van der Waals surface area contributed by atoms with Crippen LogP contribution in [0.5, 0.6) is 5.75 Å². The molecule has 2 aromatic carbocycles. The third-order valence-corrected chi connectivity index (χ3v) is 6.62. The van der Waals surface area contributed by atoms with Gasteiger partial charge in [0, 0.05) is 19.4 Å². The number of hydrogen-bond acceptors (Lipinski definition) is 6. The van der Waals surface area contributed by atoms with E-state index in [1.165, 1.54) is 18.7 Å². The van der Waals surface area contributed by atoms with Gasteiger partial charge in [0.15, 0.2) is 5.17 Å². The first-order chi connectivity index (χ1) is 15.2. The number of hydrazone groups is 1. The molecule has 3 amide bonds. The highest BCUT2D eigenvalue weighted by Gasteiger charge is 2.61. The fourth-order valence-corrected chi connectivity index (χ4v) is 5.33. The quantitative estimate of drug-likeness (QED) is 0.737. The predicted octanol–water partition coefficient (Wildman–Crippen LogP) is 3.23. The number of benzene rings is 2. The number of thioether (sulfide) groups is 1. The Kier molecular flexibility index (Phi) is 5.87. The number of para-hydroxylation sites is 1. The number of carbonyl (C=O) groups excluding carboxylic acids is 3. The van der Waals surface area contributed by atoms with Gasteiger partial charge < -0.3 is 15.0 Å². The topological polar surface area (TPSA) is 91.3 Å². The number of nitrogens with one attached hydrogen (secondary N) is 1. The number of amides is 3. The van der Waals surface area contributed by atoms with Gasteiger partial charge in [0.25, 0.3) is 5.91 Å². The van der Waals surface area contributed by atoms with Crippen molar-refractivity contribution >= 4 is 51.9 Å². The maximum Gasteiger partial charge on any atom is 0.270 e. The van der Waals surface area contributed by atoms with Crippen LogP contribution in [0.1, 0.15) is 25.0 Å². The van der Waals surface area contributed by atoms with Crippen molar-refractivity contribution in [2.75, 3.05) is 18.1 Å². The molecule has 1 N–H and O–H groups in total. The summed E-state index contributed by atoms with van der Waals surface area (Å²) in [5, 5.41) is 8.46. The molecule has 2 heterocycles. The van der Waals surface area contributed by atoms with Gasteiger partial charge in [-0.3, -0.25) is 14.4 Å². The van der Waals surface area contributed by atoms with E-state index < -0.39 is 10.8 Å². The maximum absolute atomic E-state index is 13.8. The van der Waals surface area contributed by atoms with Crippen LogP contribution < -0.4 is 15.0 Å². The number of ether oxygens (including phenoxy) is 1. The summed E-state index contributed by atoms with van der Waals surface area (Å²) in [7, 11) is 0. The van der Waals surface area contributed by atoms with Crippen LogP contribution in [0, 0.1) is 6.92 Å². The summed E-state index contributed by atoms with van der Waals surface area (Å²) in [5.74, 6) is -0.475. The van der Waals surface area contributed by atoms with Crippen LogP contribution in [0.2, 0.25) is 5.02 Å². The molecule has 32 heavy (non-hydrogen) atoms. The second kappa shape index (κ2) is 8.48. The highest BCUT2D eigenvalue weighted by atomic mass is 35.5. The van der Waals surface area contributed by atoms with Crippen molar-refractivity contribution < 1.29 is 19.1 Å². The van der Waals surface area contributed by atoms with E-state index >= 15 is 0 Å². The monoisotopic (exact) mass is 472 g/mol. The Morgan fingerprint density at radius 1 is 1.19 bits per heavy atom. The lowest BCUT2D eigenvalue weighted by Crippen LogP contribution is -2.49. The minimum absolute atomic E-state index is 0.171. The van der Waals surface area contributed by atoms with Crippen LogP contribution in [0.4, 0.5) is 5.69 Å². The Balaban J connectivity index is 1.66. The van der Waals surface area contributed by atoms with Crippen LogP contribution in [-0.2, 0) is 19.3 Å². The van der Waals surface area contributed by atoms with E-state index in [0.717, 1.165) is 22.3 Å². The summed E-state index contributed by atoms with van der Waals surface area (Å²) in [6, 6.07) is 12.8. The Labute approximate surface area is 194 Å². The van der Waals surface area contributed by atoms with Gasteiger partial charge in [-0.2, -0.15) is 5.01 Å². The first-order valence-corrected chi connectivity index (χ1v) is 11.1. The van der Waals surface area contributed by atoms with Crippen molar-refractivity contribution in [3.8, 4) is 5.75 Å². The zero-order chi connectivity index (χ0) is 23.0. The van der Waals surface area contributed by atoms with E-state index in [2.05, 4.69) is 10.4 Å². The zero-order valence-corrected chi connectivity index (χ0v) is 19.3. The molecule has 0 bridgehead atoms. The number of carbonyl (C=O) groups is 3. The third kappa shape index (κ3) is 3.71. The Morgan fingerprint density at radius 2 is 1.91 bits per heavy atom. The molecule has 166 valence electrons. The molecule has 0 radical (unpaired) electrons. The van der Waals surface area contributed by atoms with Gasteiger partial charge in [-0.05, 0) is 36.9 Å². The lowest BCUT2D eigenvalue weighted by atomic mass is 10.1. The fraction of sp³-hybridized carbons (Fsp3) is 0.273. The van der Waals surface area contributed by atoms with E-state index in [4.69, 9.17) is 16.3 Å². The molecule has 0 fully saturated rings. The maximum atomic E-state index is 13.8. The molecular formula is C22H21ClN4O4S. The standard InChI is InChI=1S/C22H21ClN4O4S/c1-13-7-9-16(10-8-13)31-12-11-26-19-17(5-4-6-18(19)23)22(20(26)30)27(15(3)29)25-21(32-22)24-14(2)28/h4-10H,11-12H2,1-3H3,(H,24,25,28). The molecule has 4 rings (SSSR count). The van der Waals surface area contributed by atoms with Crippen molar-refractivity contribution in [3.63, 3.8) is 0 Å². The van der Waals surface area contributed by atoms with Crippen LogP contribution in [-0.4, -0.2) is 41.0 Å². The van der Waals surface area contributed by atoms with E-state index in [9.17, 15) is 14.4 Å². The average Bonchev–Trinajstić information content (AvgIpc) is 3.22. The van der Waals surface area contributed by atoms with Crippen molar-refractivity contribution in [2.45, 2.75) is 25.6 Å². The Morgan fingerprint density at radius 3 is 2.56 bits per heavy atom. The summed E-state index contributed by atoms with van der Waals surface area (Å²) in [4.78, 5) is 37.9. The lowest BCUT2D eigenvalue weighted by Gasteiger charge is -2.29. The molecule has 10 heteroatoms. The molecule has 2 aliphatic heterocycles. The van der Waals surface area contributed by atoms with Gasteiger partial charge in [-0.1, -0.05) is 41.4 Å². The summed E-state index contributed by atoms with van der Waals surface area (Å²) >= 11 is 7.51. The second-order valence-electron chi connectivity index (χ2n) is 7.42. The number of anilines is 1. The molecule has 0 aromatic heterocycles. The minimum Gasteiger partial charge on any atom is -0.492 e. The molecule has 2 aromatic rings. The first kappa shape index (κ1) is 22.2. The first-order valence-electron chi connectivity index (χ1n) is 9.90. The van der Waals surface area contributed by atoms with Crippen LogP contribution in [0.25, 0.3) is 0 Å². The zero-order valence-electron chi connectivity index (χ0n) is 17.7. The molecule has 1 unspecified atom stereocenters. The molecule has 2 aliphatic rings. The van der Waals surface area contributed by atoms with Gasteiger partial charge in [-0.25, -0.2) is 0 Å². The van der Waals surface area contributed by atoms with E-state index in [1.54, 1.807) is 18.2 Å². The average molecular weight is 473 g/mol. The second-order valence-corrected chi connectivity index (χ2v) is 9.01. The third-order valence-electron chi connectivity index (χ3n) is 5.08. The van der Waals surface area contributed by atoms with Crippen LogP contribution >= 0.6 is 23.4 Å². The summed E-state index contributed by atoms with van der Waals surface area (Å²) in [5.41, 5.74) is 2.16. The van der Waals surface area contributed by atoms with Gasteiger partial charge in [0.2, 0.25) is 16.7 Å². The summed E-state index contributed by atoms with van der Waals surface area (Å²) in [6.07, 6.45) is 0. The molecule has 8 nitrogen and oxygen atoms in total. The van der Waals surface area contributed by atoms with Gasteiger partial charge >= 0.3 is 0 Å². The SMILES string of the molecule is CC(=O)NC1=NN(C(C)=O)C2(S1)C(=O)N(CCOc1ccc(C)cc1)c1c(Cl)cccc12. The molecule has 0 saturated carbocycles. The number of rotatable bonds is 4. The molecule has 1 atom stereocenters. The highest BCUT2D eigenvalue weighted by molar-refractivity contribution is 8.15. The van der Waals surface area contributed by atoms with E-state index in [-0.39, 0.29) is 30.1 Å². The number of amidine groups is 1. The lowest BCUT2D eigenvalue weighted by molar-refractivity contribution is -0.139. The van der Waals surface area contributed by atoms with Crippen molar-refractivity contribution in [3.05, 3.63) is 58.6 Å². The molecular weight excluding hydrogens is 452 g/mol. The van der Waals surface area contributed by atoms with Crippen molar-refractivity contribution in [2.24, 2.45) is 5.10 Å². The minimum atomic E-state index is -1.48. The highest BCUT2D eigenvalue weighted by Crippen LogP contribution is 2.55. The normalized spacial score (nSPS) is 19.2. The predicted molar refractivity (Wildman–Crippen MR) is 124 cm³/mol. The molecule has 0 saturated heterocycles. The van der Waals surface area contributed by atoms with Gasteiger partial charge in [0.05, 0.1) is 17.3 Å². The van der Waals surface area contributed by atoms with Crippen molar-refractivity contribution in [1.29, 1.82) is 0 Å². The van der Waals surface area contributed by atoms with Gasteiger partial charge in [0.1, 0.15) is 12.4 Å². The van der Waals surface area contributed by atoms with Crippen LogP contribution in [0.3, 0.4) is 0 Å². The summed E-state index contributed by atoms with van der Waals surface area (Å²) in [6.45, 7) is 5.08. The largest absolute Gasteiger partial charge is 0.492 e. The smallest absolute Gasteiger partial charge is 0.270 e.